The van der Waals surface area contributed by atoms with E-state index in [1.807, 2.05) is 0 Å². The second-order valence-electron chi connectivity index (χ2n) is 5.04. The number of alkyl halides is 3. The van der Waals surface area contributed by atoms with Crippen molar-refractivity contribution in [1.29, 1.82) is 0 Å². The molecule has 0 spiro atoms. The van der Waals surface area contributed by atoms with Crippen LogP contribution in [0, 0.1) is 0 Å². The molecule has 9 heteroatoms. The molecular formula is C17H19ClF3NO4. The van der Waals surface area contributed by atoms with E-state index < -0.39 is 12.4 Å². The Labute approximate surface area is 155 Å². The number of halogens is 4. The maximum absolute atomic E-state index is 12.2. The molecule has 0 saturated heterocycles. The van der Waals surface area contributed by atoms with Gasteiger partial charge in [-0.2, -0.15) is 0 Å². The maximum atomic E-state index is 12.2. The molecular weight excluding hydrogens is 375 g/mol. The second kappa shape index (κ2) is 8.86. The Balaban J connectivity index is 0.00000338. The summed E-state index contributed by atoms with van der Waals surface area (Å²) in [5, 5.41) is 0. The number of ether oxygens (including phenoxy) is 4. The largest absolute Gasteiger partial charge is 0.573 e. The van der Waals surface area contributed by atoms with E-state index in [4.69, 9.17) is 19.9 Å². The highest BCUT2D eigenvalue weighted by Crippen LogP contribution is 2.38. The summed E-state index contributed by atoms with van der Waals surface area (Å²) in [6, 6.07) is 7.99. The Morgan fingerprint density at radius 2 is 1.35 bits per heavy atom. The van der Waals surface area contributed by atoms with Crippen LogP contribution in [0.2, 0.25) is 0 Å². The Kier molecular flexibility index (Phi) is 7.41. The third-order valence-electron chi connectivity index (χ3n) is 3.54. The van der Waals surface area contributed by atoms with Gasteiger partial charge >= 0.3 is 6.36 Å². The number of hydrogen-bond donors (Lipinski definition) is 1. The van der Waals surface area contributed by atoms with Gasteiger partial charge in [-0.1, -0.05) is 12.1 Å². The van der Waals surface area contributed by atoms with E-state index >= 15 is 0 Å². The van der Waals surface area contributed by atoms with Crippen LogP contribution in [0.1, 0.15) is 17.2 Å². The van der Waals surface area contributed by atoms with Crippen LogP contribution in [-0.4, -0.2) is 27.7 Å². The van der Waals surface area contributed by atoms with Gasteiger partial charge in [0.1, 0.15) is 11.5 Å². The Morgan fingerprint density at radius 1 is 0.846 bits per heavy atom. The molecule has 1 atom stereocenters. The molecule has 0 fully saturated rings. The van der Waals surface area contributed by atoms with Crippen molar-refractivity contribution in [3.05, 3.63) is 47.5 Å². The van der Waals surface area contributed by atoms with Gasteiger partial charge in [-0.15, -0.1) is 25.6 Å². The number of benzene rings is 2. The fourth-order valence-electron chi connectivity index (χ4n) is 2.35. The van der Waals surface area contributed by atoms with Crippen molar-refractivity contribution in [1.82, 2.24) is 0 Å². The first kappa shape index (κ1) is 21.7. The lowest BCUT2D eigenvalue weighted by Crippen LogP contribution is -2.17. The van der Waals surface area contributed by atoms with Crippen molar-refractivity contribution in [3.8, 4) is 23.0 Å². The van der Waals surface area contributed by atoms with Crippen LogP contribution in [0.5, 0.6) is 23.0 Å². The van der Waals surface area contributed by atoms with E-state index in [1.165, 1.54) is 45.6 Å². The van der Waals surface area contributed by atoms with Crippen molar-refractivity contribution >= 4 is 12.4 Å². The topological polar surface area (TPSA) is 62.9 Å². The van der Waals surface area contributed by atoms with E-state index in [9.17, 15) is 13.2 Å². The van der Waals surface area contributed by atoms with Crippen molar-refractivity contribution in [2.24, 2.45) is 5.73 Å². The van der Waals surface area contributed by atoms with Gasteiger partial charge < -0.3 is 24.7 Å². The molecule has 26 heavy (non-hydrogen) atoms. The zero-order valence-corrected chi connectivity index (χ0v) is 15.1. The predicted octanol–water partition coefficient (Wildman–Crippen LogP) is 4.08. The van der Waals surface area contributed by atoms with Gasteiger partial charge in [0, 0.05) is 11.6 Å². The minimum Gasteiger partial charge on any atom is -0.496 e. The zero-order chi connectivity index (χ0) is 18.6. The zero-order valence-electron chi connectivity index (χ0n) is 14.3. The van der Waals surface area contributed by atoms with Gasteiger partial charge in [-0.25, -0.2) is 0 Å². The first-order chi connectivity index (χ1) is 11.8. The van der Waals surface area contributed by atoms with E-state index in [-0.39, 0.29) is 18.2 Å². The summed E-state index contributed by atoms with van der Waals surface area (Å²) in [4.78, 5) is 0. The summed E-state index contributed by atoms with van der Waals surface area (Å²) in [5.74, 6) is 1.10. The third kappa shape index (κ3) is 5.09. The molecule has 5 nitrogen and oxygen atoms in total. The fraction of sp³-hybridized carbons (Fsp3) is 0.294. The molecule has 0 bridgehead atoms. The summed E-state index contributed by atoms with van der Waals surface area (Å²) < 4.78 is 56.3. The van der Waals surface area contributed by atoms with Crippen molar-refractivity contribution in [2.45, 2.75) is 12.4 Å². The van der Waals surface area contributed by atoms with Gasteiger partial charge in [0.15, 0.2) is 11.5 Å². The highest BCUT2D eigenvalue weighted by molar-refractivity contribution is 5.85. The van der Waals surface area contributed by atoms with E-state index in [1.54, 1.807) is 12.1 Å². The number of methoxy groups -OCH3 is 3. The lowest BCUT2D eigenvalue weighted by atomic mass is 9.98. The first-order valence-electron chi connectivity index (χ1n) is 7.20. The van der Waals surface area contributed by atoms with Crippen LogP contribution in [-0.2, 0) is 0 Å². The van der Waals surface area contributed by atoms with Crippen molar-refractivity contribution < 1.29 is 32.1 Å². The monoisotopic (exact) mass is 393 g/mol. The summed E-state index contributed by atoms with van der Waals surface area (Å²) in [5.41, 5.74) is 7.43. The number of nitrogens with two attached hydrogens (primary N) is 1. The molecule has 2 aromatic rings. The Bertz CT molecular complexity index is 723. The van der Waals surface area contributed by atoms with Gasteiger partial charge in [0.05, 0.1) is 27.4 Å². The highest BCUT2D eigenvalue weighted by atomic mass is 35.5. The molecule has 0 unspecified atom stereocenters. The lowest BCUT2D eigenvalue weighted by molar-refractivity contribution is -0.274. The summed E-state index contributed by atoms with van der Waals surface area (Å²) in [6.45, 7) is 0. The number of rotatable bonds is 6. The van der Waals surface area contributed by atoms with Crippen LogP contribution < -0.4 is 24.7 Å². The Morgan fingerprint density at radius 3 is 1.81 bits per heavy atom. The average Bonchev–Trinajstić information content (AvgIpc) is 2.59. The summed E-state index contributed by atoms with van der Waals surface area (Å²) in [6.07, 6.45) is -4.74. The van der Waals surface area contributed by atoms with Crippen molar-refractivity contribution in [2.75, 3.05) is 21.3 Å². The molecule has 2 rings (SSSR count). The standard InChI is InChI=1S/C17H18F3NO4.ClH/c1-22-13-9-15(24-3)14(23-2)8-12(13)16(21)10-4-6-11(7-5-10)25-17(18,19)20;/h4-9,16H,21H2,1-3H3;1H/t16-;/m1./s1. The molecule has 0 aliphatic carbocycles. The highest BCUT2D eigenvalue weighted by Gasteiger charge is 2.31. The van der Waals surface area contributed by atoms with Gasteiger partial charge in [0.25, 0.3) is 0 Å². The predicted molar refractivity (Wildman–Crippen MR) is 92.5 cm³/mol. The SMILES string of the molecule is COc1cc(OC)c([C@H](N)c2ccc(OC(F)(F)F)cc2)cc1OC.Cl. The minimum atomic E-state index is -4.74. The molecule has 0 radical (unpaired) electrons. The number of hydrogen-bond acceptors (Lipinski definition) is 5. The van der Waals surface area contributed by atoms with Crippen molar-refractivity contribution in [3.63, 3.8) is 0 Å². The van der Waals surface area contributed by atoms with Crippen LogP contribution in [0.3, 0.4) is 0 Å². The normalized spacial score (nSPS) is 12.0. The molecule has 0 heterocycles. The summed E-state index contributed by atoms with van der Waals surface area (Å²) >= 11 is 0. The van der Waals surface area contributed by atoms with Crippen LogP contribution >= 0.6 is 12.4 Å². The fourth-order valence-corrected chi connectivity index (χ4v) is 2.35. The lowest BCUT2D eigenvalue weighted by Gasteiger charge is -2.19. The first-order valence-corrected chi connectivity index (χ1v) is 7.20. The minimum absolute atomic E-state index is 0. The van der Waals surface area contributed by atoms with Crippen LogP contribution in [0.25, 0.3) is 0 Å². The molecule has 2 N–H and O–H groups in total. The second-order valence-corrected chi connectivity index (χ2v) is 5.04. The average molecular weight is 394 g/mol. The van der Waals surface area contributed by atoms with Gasteiger partial charge in [-0.3, -0.25) is 0 Å². The van der Waals surface area contributed by atoms with E-state index in [2.05, 4.69) is 4.74 Å². The van der Waals surface area contributed by atoms with E-state index in [0.29, 0.717) is 28.4 Å². The van der Waals surface area contributed by atoms with Gasteiger partial charge in [0.2, 0.25) is 0 Å². The molecule has 2 aromatic carbocycles. The van der Waals surface area contributed by atoms with Crippen LogP contribution in [0.15, 0.2) is 36.4 Å². The molecule has 0 aromatic heterocycles. The molecule has 0 aliphatic heterocycles. The Hall–Kier alpha value is -2.32. The molecule has 0 aliphatic rings. The third-order valence-corrected chi connectivity index (χ3v) is 3.54. The van der Waals surface area contributed by atoms with Crippen LogP contribution in [0.4, 0.5) is 13.2 Å². The quantitative estimate of drug-likeness (QED) is 0.801. The molecule has 0 amide bonds. The van der Waals surface area contributed by atoms with E-state index in [0.717, 1.165) is 0 Å². The summed E-state index contributed by atoms with van der Waals surface area (Å²) in [7, 11) is 4.47. The molecule has 0 saturated carbocycles. The van der Waals surface area contributed by atoms with Gasteiger partial charge in [-0.05, 0) is 23.8 Å². The molecule has 144 valence electrons. The maximum Gasteiger partial charge on any atom is 0.573 e. The smallest absolute Gasteiger partial charge is 0.496 e.